The van der Waals surface area contributed by atoms with Crippen molar-refractivity contribution in [2.45, 2.75) is 30.7 Å². The molecule has 90 valence electrons. The Kier molecular flexibility index (Phi) is 2.53. The van der Waals surface area contributed by atoms with Gasteiger partial charge in [0, 0.05) is 13.0 Å². The van der Waals surface area contributed by atoms with Gasteiger partial charge >= 0.3 is 0 Å². The van der Waals surface area contributed by atoms with Gasteiger partial charge < -0.3 is 10.5 Å². The van der Waals surface area contributed by atoms with E-state index in [9.17, 15) is 4.79 Å². The molecule has 1 aliphatic carbocycles. The minimum absolute atomic E-state index is 0.162. The van der Waals surface area contributed by atoms with Gasteiger partial charge in [0.25, 0.3) is 0 Å². The van der Waals surface area contributed by atoms with Gasteiger partial charge in [-0.15, -0.1) is 0 Å². The van der Waals surface area contributed by atoms with Gasteiger partial charge in [-0.2, -0.15) is 0 Å². The monoisotopic (exact) mass is 231 g/mol. The predicted molar refractivity (Wildman–Crippen MR) is 64.9 cm³/mol. The maximum absolute atomic E-state index is 12.2. The highest BCUT2D eigenvalue weighted by Gasteiger charge is 2.40. The number of carbonyl (C=O) groups is 1. The second-order valence-electron chi connectivity index (χ2n) is 5.19. The quantitative estimate of drug-likeness (QED) is 0.855. The lowest BCUT2D eigenvalue weighted by Crippen LogP contribution is -2.49. The van der Waals surface area contributed by atoms with E-state index >= 15 is 0 Å². The first-order chi connectivity index (χ1) is 8.19. The number of Topliss-reactive ketones (excluding diaryl/α,β-unsaturated/α-hetero) is 1. The van der Waals surface area contributed by atoms with Gasteiger partial charge in [0.15, 0.2) is 5.78 Å². The molecule has 1 aliphatic heterocycles. The summed E-state index contributed by atoms with van der Waals surface area (Å²) in [6.45, 7) is 1.00. The van der Waals surface area contributed by atoms with Gasteiger partial charge in [-0.25, -0.2) is 0 Å². The number of carbonyl (C=O) groups excluding carboxylic acids is 1. The molecule has 0 radical (unpaired) electrons. The van der Waals surface area contributed by atoms with E-state index in [4.69, 9.17) is 10.5 Å². The Labute approximate surface area is 101 Å². The number of hydrogen-bond donors (Lipinski definition) is 1. The fourth-order valence-corrected chi connectivity index (χ4v) is 2.77. The van der Waals surface area contributed by atoms with Crippen LogP contribution in [0, 0.1) is 0 Å². The Bertz CT molecular complexity index is 449. The maximum Gasteiger partial charge on any atom is 0.155 e. The van der Waals surface area contributed by atoms with E-state index < -0.39 is 5.54 Å². The van der Waals surface area contributed by atoms with E-state index in [0.717, 1.165) is 6.42 Å². The maximum atomic E-state index is 12.2. The molecule has 1 saturated heterocycles. The number of hydrogen-bond acceptors (Lipinski definition) is 3. The topological polar surface area (TPSA) is 52.3 Å². The van der Waals surface area contributed by atoms with Crippen molar-refractivity contribution in [3.05, 3.63) is 35.4 Å². The van der Waals surface area contributed by atoms with Crippen LogP contribution in [-0.2, 0) is 16.0 Å². The SMILES string of the molecule is NC1(C(=O)CC2Cc3ccccc32)CCOC1. The van der Waals surface area contributed by atoms with Crippen LogP contribution in [0.4, 0.5) is 0 Å². The van der Waals surface area contributed by atoms with Crippen molar-refractivity contribution in [3.63, 3.8) is 0 Å². The average molecular weight is 231 g/mol. The zero-order valence-electron chi connectivity index (χ0n) is 9.82. The minimum Gasteiger partial charge on any atom is -0.379 e. The van der Waals surface area contributed by atoms with Gasteiger partial charge in [0.2, 0.25) is 0 Å². The molecule has 1 aromatic rings. The molecule has 3 nitrogen and oxygen atoms in total. The van der Waals surface area contributed by atoms with E-state index in [1.165, 1.54) is 11.1 Å². The molecule has 0 spiro atoms. The minimum atomic E-state index is -0.718. The van der Waals surface area contributed by atoms with Gasteiger partial charge in [-0.3, -0.25) is 4.79 Å². The third kappa shape index (κ3) is 1.79. The van der Waals surface area contributed by atoms with Crippen molar-refractivity contribution in [2.75, 3.05) is 13.2 Å². The fraction of sp³-hybridized carbons (Fsp3) is 0.500. The van der Waals surface area contributed by atoms with Crippen molar-refractivity contribution in [2.24, 2.45) is 5.73 Å². The molecule has 0 saturated carbocycles. The number of ether oxygens (including phenoxy) is 1. The van der Waals surface area contributed by atoms with Crippen molar-refractivity contribution in [3.8, 4) is 0 Å². The second-order valence-corrected chi connectivity index (χ2v) is 5.19. The Balaban J connectivity index is 1.68. The lowest BCUT2D eigenvalue weighted by molar-refractivity contribution is -0.124. The smallest absolute Gasteiger partial charge is 0.155 e. The molecule has 2 aliphatic rings. The Morgan fingerprint density at radius 1 is 1.47 bits per heavy atom. The van der Waals surface area contributed by atoms with Crippen LogP contribution < -0.4 is 5.73 Å². The number of rotatable bonds is 3. The second kappa shape index (κ2) is 3.93. The van der Waals surface area contributed by atoms with Gasteiger partial charge in [0.05, 0.1) is 6.61 Å². The molecule has 1 heterocycles. The summed E-state index contributed by atoms with van der Waals surface area (Å²) in [6.07, 6.45) is 2.25. The highest BCUT2D eigenvalue weighted by atomic mass is 16.5. The standard InChI is InChI=1S/C14H17NO2/c15-14(5-6-17-9-14)13(16)8-11-7-10-3-1-2-4-12(10)11/h1-4,11H,5-9,15H2. The lowest BCUT2D eigenvalue weighted by Gasteiger charge is -2.32. The largest absolute Gasteiger partial charge is 0.379 e. The summed E-state index contributed by atoms with van der Waals surface area (Å²) in [5.41, 5.74) is 8.05. The molecule has 3 heteroatoms. The number of ketones is 1. The molecule has 2 atom stereocenters. The molecule has 17 heavy (non-hydrogen) atoms. The van der Waals surface area contributed by atoms with E-state index in [1.807, 2.05) is 12.1 Å². The predicted octanol–water partition coefficient (Wildman–Crippen LogP) is 1.40. The van der Waals surface area contributed by atoms with Crippen LogP contribution >= 0.6 is 0 Å². The van der Waals surface area contributed by atoms with Crippen molar-refractivity contribution in [1.29, 1.82) is 0 Å². The van der Waals surface area contributed by atoms with Crippen molar-refractivity contribution >= 4 is 5.78 Å². The van der Waals surface area contributed by atoms with Gasteiger partial charge in [-0.1, -0.05) is 24.3 Å². The molecule has 1 fully saturated rings. The summed E-state index contributed by atoms with van der Waals surface area (Å²) in [5, 5.41) is 0. The van der Waals surface area contributed by atoms with Crippen LogP contribution in [0.2, 0.25) is 0 Å². The molecule has 1 aromatic carbocycles. The third-order valence-corrected chi connectivity index (χ3v) is 4.00. The molecule has 2 unspecified atom stereocenters. The summed E-state index contributed by atoms with van der Waals surface area (Å²) >= 11 is 0. The summed E-state index contributed by atoms with van der Waals surface area (Å²) in [4.78, 5) is 12.2. The summed E-state index contributed by atoms with van der Waals surface area (Å²) in [6, 6.07) is 8.33. The fourth-order valence-electron chi connectivity index (χ4n) is 2.77. The first-order valence-electron chi connectivity index (χ1n) is 6.17. The van der Waals surface area contributed by atoms with E-state index in [2.05, 4.69) is 12.1 Å². The van der Waals surface area contributed by atoms with Crippen molar-refractivity contribution < 1.29 is 9.53 Å². The Morgan fingerprint density at radius 3 is 3.00 bits per heavy atom. The summed E-state index contributed by atoms with van der Waals surface area (Å²) in [5.74, 6) is 0.536. The highest BCUT2D eigenvalue weighted by Crippen LogP contribution is 2.38. The molecule has 2 N–H and O–H groups in total. The molecule has 3 rings (SSSR count). The van der Waals surface area contributed by atoms with Crippen LogP contribution in [0.3, 0.4) is 0 Å². The molecule has 0 amide bonds. The zero-order valence-corrected chi connectivity index (χ0v) is 9.82. The summed E-state index contributed by atoms with van der Waals surface area (Å²) < 4.78 is 5.24. The highest BCUT2D eigenvalue weighted by molar-refractivity contribution is 5.89. The normalized spacial score (nSPS) is 30.8. The molecule has 0 aromatic heterocycles. The Morgan fingerprint density at radius 2 is 2.29 bits per heavy atom. The van der Waals surface area contributed by atoms with E-state index in [1.54, 1.807) is 0 Å². The molecular formula is C14H17NO2. The van der Waals surface area contributed by atoms with Crippen LogP contribution in [0.1, 0.15) is 29.9 Å². The molecule has 0 bridgehead atoms. The van der Waals surface area contributed by atoms with E-state index in [-0.39, 0.29) is 5.78 Å². The van der Waals surface area contributed by atoms with Crippen LogP contribution in [0.5, 0.6) is 0 Å². The first kappa shape index (κ1) is 10.9. The van der Waals surface area contributed by atoms with Crippen LogP contribution in [0.25, 0.3) is 0 Å². The van der Waals surface area contributed by atoms with E-state index in [0.29, 0.717) is 32.0 Å². The molecular weight excluding hydrogens is 214 g/mol. The van der Waals surface area contributed by atoms with Crippen LogP contribution in [0.15, 0.2) is 24.3 Å². The number of benzene rings is 1. The Hall–Kier alpha value is -1.19. The number of nitrogens with two attached hydrogens (primary N) is 1. The van der Waals surface area contributed by atoms with Crippen LogP contribution in [-0.4, -0.2) is 24.5 Å². The van der Waals surface area contributed by atoms with Gasteiger partial charge in [0.1, 0.15) is 5.54 Å². The first-order valence-corrected chi connectivity index (χ1v) is 6.17. The average Bonchev–Trinajstić information content (AvgIpc) is 2.74. The zero-order chi connectivity index (χ0) is 11.9. The summed E-state index contributed by atoms with van der Waals surface area (Å²) in [7, 11) is 0. The van der Waals surface area contributed by atoms with Gasteiger partial charge in [-0.05, 0) is 29.9 Å². The van der Waals surface area contributed by atoms with Crippen molar-refractivity contribution in [1.82, 2.24) is 0 Å². The third-order valence-electron chi connectivity index (χ3n) is 4.00. The number of fused-ring (bicyclic) bond motifs is 1. The lowest BCUT2D eigenvalue weighted by atomic mass is 9.73.